The lowest BCUT2D eigenvalue weighted by atomic mass is 9.75. The van der Waals surface area contributed by atoms with E-state index in [0.717, 1.165) is 23.9 Å². The average Bonchev–Trinajstić information content (AvgIpc) is 2.95. The molecule has 21 heavy (non-hydrogen) atoms. The number of likely N-dealkylation sites (tertiary alicyclic amines) is 1. The van der Waals surface area contributed by atoms with Crippen LogP contribution in [0.1, 0.15) is 78.1 Å². The molecule has 0 radical (unpaired) electrons. The minimum Gasteiger partial charge on any atom is -0.323 e. The van der Waals surface area contributed by atoms with Gasteiger partial charge in [0.15, 0.2) is 0 Å². The van der Waals surface area contributed by atoms with Crippen molar-refractivity contribution in [3.63, 3.8) is 0 Å². The molecule has 0 amide bonds. The van der Waals surface area contributed by atoms with Crippen LogP contribution in [-0.4, -0.2) is 35.7 Å². The van der Waals surface area contributed by atoms with Gasteiger partial charge in [0.1, 0.15) is 0 Å². The zero-order valence-electron chi connectivity index (χ0n) is 14.4. The normalized spacial score (nSPS) is 44.7. The third-order valence-electron chi connectivity index (χ3n) is 6.90. The van der Waals surface area contributed by atoms with Crippen molar-refractivity contribution in [1.82, 2.24) is 0 Å². The van der Waals surface area contributed by atoms with Crippen LogP contribution < -0.4 is 5.73 Å². The predicted octanol–water partition coefficient (Wildman–Crippen LogP) is 4.08. The molecule has 3 aliphatic rings. The molecular weight excluding hydrogens is 256 g/mol. The lowest BCUT2D eigenvalue weighted by molar-refractivity contribution is -0.986. The van der Waals surface area contributed by atoms with Gasteiger partial charge in [0.2, 0.25) is 0 Å². The van der Waals surface area contributed by atoms with Crippen molar-refractivity contribution >= 4 is 0 Å². The fraction of sp³-hybridized carbons (Fsp3) is 1.00. The van der Waals surface area contributed by atoms with Crippen molar-refractivity contribution in [2.75, 3.05) is 13.1 Å². The van der Waals surface area contributed by atoms with E-state index in [4.69, 9.17) is 5.73 Å². The molecule has 1 heterocycles. The molecule has 2 aliphatic carbocycles. The van der Waals surface area contributed by atoms with Crippen LogP contribution in [0.15, 0.2) is 0 Å². The topological polar surface area (TPSA) is 26.0 Å². The van der Waals surface area contributed by atoms with Crippen LogP contribution in [0.3, 0.4) is 0 Å². The number of hydrogen-bond donors (Lipinski definition) is 1. The molecule has 3 rings (SSSR count). The van der Waals surface area contributed by atoms with E-state index in [1.807, 2.05) is 0 Å². The standard InChI is InChI=1S/C19H37N2/c1-3-4-7-16-12-17(20)14-21(13-16,18-8-5-6-9-18)19-10-15(2)11-19/h15-19H,3-14,20H2,1-2H3/q+1. The highest BCUT2D eigenvalue weighted by Gasteiger charge is 2.52. The van der Waals surface area contributed by atoms with Gasteiger partial charge in [0.05, 0.1) is 31.2 Å². The molecule has 3 atom stereocenters. The highest BCUT2D eigenvalue weighted by Crippen LogP contribution is 2.45. The van der Waals surface area contributed by atoms with Crippen molar-refractivity contribution < 1.29 is 4.48 Å². The van der Waals surface area contributed by atoms with E-state index in [0.29, 0.717) is 6.04 Å². The maximum atomic E-state index is 6.58. The maximum Gasteiger partial charge on any atom is 0.0944 e. The Morgan fingerprint density at radius 1 is 1.00 bits per heavy atom. The highest BCUT2D eigenvalue weighted by molar-refractivity contribution is 4.87. The molecule has 3 fully saturated rings. The van der Waals surface area contributed by atoms with E-state index in [9.17, 15) is 0 Å². The second-order valence-corrected chi connectivity index (χ2v) is 8.64. The molecule has 2 N–H and O–H groups in total. The molecular formula is C19H37N2+. The Labute approximate surface area is 132 Å². The summed E-state index contributed by atoms with van der Waals surface area (Å²) >= 11 is 0. The van der Waals surface area contributed by atoms with E-state index in [1.165, 1.54) is 81.8 Å². The summed E-state index contributed by atoms with van der Waals surface area (Å²) in [4.78, 5) is 0. The Morgan fingerprint density at radius 2 is 1.71 bits per heavy atom. The van der Waals surface area contributed by atoms with Gasteiger partial charge in [-0.05, 0) is 44.4 Å². The lowest BCUT2D eigenvalue weighted by Crippen LogP contribution is -2.71. The maximum absolute atomic E-state index is 6.58. The summed E-state index contributed by atoms with van der Waals surface area (Å²) in [5.41, 5.74) is 6.58. The van der Waals surface area contributed by atoms with Gasteiger partial charge in [-0.2, -0.15) is 0 Å². The first-order valence-electron chi connectivity index (χ1n) is 9.76. The molecule has 0 aromatic heterocycles. The van der Waals surface area contributed by atoms with Gasteiger partial charge in [-0.1, -0.05) is 26.7 Å². The average molecular weight is 294 g/mol. The number of nitrogens with two attached hydrogens (primary N) is 1. The molecule has 0 bridgehead atoms. The van der Waals surface area contributed by atoms with Crippen LogP contribution >= 0.6 is 0 Å². The second-order valence-electron chi connectivity index (χ2n) is 8.64. The van der Waals surface area contributed by atoms with Gasteiger partial charge < -0.3 is 10.2 Å². The van der Waals surface area contributed by atoms with Crippen LogP contribution in [0.2, 0.25) is 0 Å². The van der Waals surface area contributed by atoms with E-state index in [2.05, 4.69) is 13.8 Å². The van der Waals surface area contributed by atoms with Crippen molar-refractivity contribution in [1.29, 1.82) is 0 Å². The number of rotatable bonds is 5. The number of unbranched alkanes of at least 4 members (excludes halogenated alkanes) is 1. The molecule has 122 valence electrons. The number of piperidine rings is 1. The monoisotopic (exact) mass is 293 g/mol. The van der Waals surface area contributed by atoms with Crippen molar-refractivity contribution in [2.45, 2.75) is 96.2 Å². The fourth-order valence-electron chi connectivity index (χ4n) is 5.86. The third-order valence-corrected chi connectivity index (χ3v) is 6.90. The Morgan fingerprint density at radius 3 is 2.33 bits per heavy atom. The summed E-state index contributed by atoms with van der Waals surface area (Å²) < 4.78 is 1.44. The Kier molecular flexibility index (Phi) is 4.95. The van der Waals surface area contributed by atoms with E-state index in [1.54, 1.807) is 0 Å². The molecule has 0 aromatic carbocycles. The summed E-state index contributed by atoms with van der Waals surface area (Å²) in [6.07, 6.45) is 14.3. The Balaban J connectivity index is 1.76. The minimum atomic E-state index is 0.470. The van der Waals surface area contributed by atoms with E-state index >= 15 is 0 Å². The van der Waals surface area contributed by atoms with Crippen LogP contribution in [0.5, 0.6) is 0 Å². The summed E-state index contributed by atoms with van der Waals surface area (Å²) in [5, 5.41) is 0. The van der Waals surface area contributed by atoms with Gasteiger partial charge in [-0.15, -0.1) is 0 Å². The highest BCUT2D eigenvalue weighted by atomic mass is 15.4. The van der Waals surface area contributed by atoms with Crippen LogP contribution in [0, 0.1) is 11.8 Å². The van der Waals surface area contributed by atoms with Gasteiger partial charge in [-0.25, -0.2) is 0 Å². The zero-order chi connectivity index (χ0) is 14.9. The van der Waals surface area contributed by atoms with Gasteiger partial charge in [0, 0.05) is 18.8 Å². The van der Waals surface area contributed by atoms with Crippen LogP contribution in [0.25, 0.3) is 0 Å². The smallest absolute Gasteiger partial charge is 0.0944 e. The molecule has 1 aliphatic heterocycles. The Hall–Kier alpha value is -0.0800. The van der Waals surface area contributed by atoms with Crippen LogP contribution in [-0.2, 0) is 0 Å². The van der Waals surface area contributed by atoms with Crippen LogP contribution in [0.4, 0.5) is 0 Å². The van der Waals surface area contributed by atoms with Gasteiger partial charge in [0.25, 0.3) is 0 Å². The molecule has 1 saturated heterocycles. The Bertz CT molecular complexity index is 330. The first-order chi connectivity index (χ1) is 10.1. The quantitative estimate of drug-likeness (QED) is 0.759. The fourth-order valence-corrected chi connectivity index (χ4v) is 5.86. The SMILES string of the molecule is CCCCC1CC(N)C[N+](C2CCCC2)(C2CC(C)C2)C1. The molecule has 3 unspecified atom stereocenters. The second kappa shape index (κ2) is 6.58. The molecule has 0 aromatic rings. The molecule has 0 spiro atoms. The predicted molar refractivity (Wildman–Crippen MR) is 90.0 cm³/mol. The first-order valence-corrected chi connectivity index (χ1v) is 9.76. The van der Waals surface area contributed by atoms with Gasteiger partial charge >= 0.3 is 0 Å². The lowest BCUT2D eigenvalue weighted by Gasteiger charge is -2.58. The molecule has 2 heteroatoms. The largest absolute Gasteiger partial charge is 0.323 e. The van der Waals surface area contributed by atoms with Crippen molar-refractivity contribution in [3.05, 3.63) is 0 Å². The summed E-state index contributed by atoms with van der Waals surface area (Å²) in [7, 11) is 0. The number of nitrogens with zero attached hydrogens (tertiary/aromatic N) is 1. The summed E-state index contributed by atoms with van der Waals surface area (Å²) in [6.45, 7) is 7.54. The minimum absolute atomic E-state index is 0.470. The van der Waals surface area contributed by atoms with E-state index in [-0.39, 0.29) is 0 Å². The zero-order valence-corrected chi connectivity index (χ0v) is 14.4. The first kappa shape index (κ1) is 15.8. The number of quaternary nitrogens is 1. The van der Waals surface area contributed by atoms with Gasteiger partial charge in [-0.3, -0.25) is 0 Å². The molecule has 2 nitrogen and oxygen atoms in total. The third kappa shape index (κ3) is 3.17. The van der Waals surface area contributed by atoms with Crippen molar-refractivity contribution in [3.8, 4) is 0 Å². The van der Waals surface area contributed by atoms with Crippen molar-refractivity contribution in [2.24, 2.45) is 17.6 Å². The van der Waals surface area contributed by atoms with E-state index < -0.39 is 0 Å². The molecule has 2 saturated carbocycles. The number of hydrogen-bond acceptors (Lipinski definition) is 1. The summed E-state index contributed by atoms with van der Waals surface area (Å²) in [5.74, 6) is 1.88. The summed E-state index contributed by atoms with van der Waals surface area (Å²) in [6, 6.07) is 2.38.